The largest absolute Gasteiger partial charge is 0.508 e. The number of carbonyl (C=O) groups excluding carboxylic acids is 1. The lowest BCUT2D eigenvalue weighted by Crippen LogP contribution is -2.33. The fourth-order valence-corrected chi connectivity index (χ4v) is 2.16. The van der Waals surface area contributed by atoms with Crippen LogP contribution in [0.1, 0.15) is 41.0 Å². The number of carbonyl (C=O) groups is 1. The van der Waals surface area contributed by atoms with Gasteiger partial charge < -0.3 is 9.84 Å². The zero-order valence-corrected chi connectivity index (χ0v) is 11.8. The Balaban J connectivity index is 2.73. The van der Waals surface area contributed by atoms with Gasteiger partial charge in [-0.05, 0) is 49.9 Å². The number of phenolic OH excluding ortho intramolecular Hbond substituents is 1. The van der Waals surface area contributed by atoms with Crippen LogP contribution in [0.4, 0.5) is 0 Å². The van der Waals surface area contributed by atoms with Crippen LogP contribution in [0.3, 0.4) is 0 Å². The maximum Gasteiger partial charge on any atom is 0.316 e. The summed E-state index contributed by atoms with van der Waals surface area (Å²) in [6.07, 6.45) is 0.747. The van der Waals surface area contributed by atoms with Crippen molar-refractivity contribution >= 4 is 5.97 Å². The molecule has 1 aromatic carbocycles. The smallest absolute Gasteiger partial charge is 0.316 e. The summed E-state index contributed by atoms with van der Waals surface area (Å²) in [7, 11) is 0. The molecule has 1 N–H and O–H groups in total. The van der Waals surface area contributed by atoms with E-state index < -0.39 is 5.41 Å². The lowest BCUT2D eigenvalue weighted by Gasteiger charge is -2.30. The highest BCUT2D eigenvalue weighted by Gasteiger charge is 2.34. The third-order valence-corrected chi connectivity index (χ3v) is 2.57. The van der Waals surface area contributed by atoms with E-state index >= 15 is 0 Å². The Kier molecular flexibility index (Phi) is 4.05. The molecule has 3 heteroatoms. The molecule has 18 heavy (non-hydrogen) atoms. The number of rotatable bonds is 3. The second-order valence-corrected chi connectivity index (χ2v) is 6.50. The van der Waals surface area contributed by atoms with Crippen molar-refractivity contribution in [2.24, 2.45) is 10.8 Å². The normalized spacial score (nSPS) is 12.3. The number of esters is 1. The predicted molar refractivity (Wildman–Crippen MR) is 71.6 cm³/mol. The highest BCUT2D eigenvalue weighted by Crippen LogP contribution is 2.34. The molecule has 0 unspecified atom stereocenters. The minimum Gasteiger partial charge on any atom is -0.508 e. The van der Waals surface area contributed by atoms with Crippen LogP contribution in [0, 0.1) is 10.8 Å². The summed E-state index contributed by atoms with van der Waals surface area (Å²) in [5.74, 6) is 0.367. The number of benzene rings is 1. The quantitative estimate of drug-likeness (QED) is 0.656. The lowest BCUT2D eigenvalue weighted by atomic mass is 9.76. The Morgan fingerprint density at radius 3 is 2.06 bits per heavy atom. The third-order valence-electron chi connectivity index (χ3n) is 2.57. The minimum atomic E-state index is -0.532. The van der Waals surface area contributed by atoms with Crippen LogP contribution in [0.5, 0.6) is 11.5 Å². The maximum absolute atomic E-state index is 12.1. The Bertz CT molecular complexity index is 410. The van der Waals surface area contributed by atoms with E-state index in [9.17, 15) is 4.79 Å². The van der Waals surface area contributed by atoms with Crippen LogP contribution in [0.15, 0.2) is 24.3 Å². The van der Waals surface area contributed by atoms with E-state index in [0.717, 1.165) is 6.42 Å². The summed E-state index contributed by atoms with van der Waals surface area (Å²) in [6, 6.07) is 6.17. The van der Waals surface area contributed by atoms with Crippen molar-refractivity contribution in [3.05, 3.63) is 24.3 Å². The van der Waals surface area contributed by atoms with Crippen LogP contribution in [-0.2, 0) is 4.79 Å². The van der Waals surface area contributed by atoms with E-state index in [-0.39, 0.29) is 17.1 Å². The molecule has 0 saturated carbocycles. The van der Waals surface area contributed by atoms with Gasteiger partial charge in [-0.15, -0.1) is 0 Å². The van der Waals surface area contributed by atoms with E-state index in [1.165, 1.54) is 12.1 Å². The van der Waals surface area contributed by atoms with Gasteiger partial charge in [0.2, 0.25) is 0 Å². The molecule has 0 atom stereocenters. The summed E-state index contributed by atoms with van der Waals surface area (Å²) in [4.78, 5) is 12.1. The summed E-state index contributed by atoms with van der Waals surface area (Å²) in [6.45, 7) is 10.1. The molecule has 0 aliphatic rings. The van der Waals surface area contributed by atoms with Crippen molar-refractivity contribution in [1.29, 1.82) is 0 Å². The molecule has 0 radical (unpaired) electrons. The van der Waals surface area contributed by atoms with Crippen LogP contribution in [-0.4, -0.2) is 11.1 Å². The zero-order valence-electron chi connectivity index (χ0n) is 11.8. The average Bonchev–Trinajstić information content (AvgIpc) is 2.17. The molecule has 0 heterocycles. The van der Waals surface area contributed by atoms with E-state index in [2.05, 4.69) is 20.8 Å². The standard InChI is InChI=1S/C15H22O3/c1-14(2,3)10-15(4,5)13(17)18-12-8-6-11(16)7-9-12/h6-9,16H,10H2,1-5H3. The van der Waals surface area contributed by atoms with Crippen LogP contribution in [0.25, 0.3) is 0 Å². The first-order valence-electron chi connectivity index (χ1n) is 6.11. The Morgan fingerprint density at radius 1 is 1.11 bits per heavy atom. The average molecular weight is 250 g/mol. The molecule has 1 aromatic rings. The van der Waals surface area contributed by atoms with Gasteiger partial charge in [0.1, 0.15) is 11.5 Å². The summed E-state index contributed by atoms with van der Waals surface area (Å²) in [5, 5.41) is 9.16. The molecular formula is C15H22O3. The van der Waals surface area contributed by atoms with Crippen molar-refractivity contribution in [3.63, 3.8) is 0 Å². The first-order valence-corrected chi connectivity index (χ1v) is 6.11. The molecule has 3 nitrogen and oxygen atoms in total. The van der Waals surface area contributed by atoms with Gasteiger partial charge in [-0.2, -0.15) is 0 Å². The highest BCUT2D eigenvalue weighted by molar-refractivity contribution is 5.78. The van der Waals surface area contributed by atoms with Gasteiger partial charge in [0.25, 0.3) is 0 Å². The maximum atomic E-state index is 12.1. The SMILES string of the molecule is CC(C)(C)CC(C)(C)C(=O)Oc1ccc(O)cc1. The number of hydrogen-bond donors (Lipinski definition) is 1. The van der Waals surface area contributed by atoms with E-state index in [0.29, 0.717) is 5.75 Å². The second kappa shape index (κ2) is 5.01. The van der Waals surface area contributed by atoms with E-state index in [1.807, 2.05) is 13.8 Å². The summed E-state index contributed by atoms with van der Waals surface area (Å²) < 4.78 is 5.33. The summed E-state index contributed by atoms with van der Waals surface area (Å²) in [5.41, 5.74) is -0.465. The van der Waals surface area contributed by atoms with Crippen LogP contribution < -0.4 is 4.74 Å². The molecule has 0 bridgehead atoms. The molecule has 100 valence electrons. The number of aromatic hydroxyl groups is 1. The van der Waals surface area contributed by atoms with Crippen molar-refractivity contribution in [2.45, 2.75) is 41.0 Å². The first-order chi connectivity index (χ1) is 8.10. The van der Waals surface area contributed by atoms with E-state index in [1.54, 1.807) is 12.1 Å². The first kappa shape index (κ1) is 14.6. The Hall–Kier alpha value is -1.51. The number of phenols is 1. The van der Waals surface area contributed by atoms with Gasteiger partial charge in [0.15, 0.2) is 0 Å². The van der Waals surface area contributed by atoms with E-state index in [4.69, 9.17) is 9.84 Å². The number of ether oxygens (including phenoxy) is 1. The molecule has 0 spiro atoms. The third kappa shape index (κ3) is 4.40. The minimum absolute atomic E-state index is 0.0669. The van der Waals surface area contributed by atoms with Crippen molar-refractivity contribution < 1.29 is 14.6 Å². The van der Waals surface area contributed by atoms with Crippen molar-refractivity contribution in [1.82, 2.24) is 0 Å². The molecule has 0 aliphatic heterocycles. The molecule has 0 aromatic heterocycles. The monoisotopic (exact) mass is 250 g/mol. The van der Waals surface area contributed by atoms with Gasteiger partial charge in [-0.3, -0.25) is 4.79 Å². The topological polar surface area (TPSA) is 46.5 Å². The van der Waals surface area contributed by atoms with Crippen LogP contribution in [0.2, 0.25) is 0 Å². The van der Waals surface area contributed by atoms with Crippen molar-refractivity contribution in [2.75, 3.05) is 0 Å². The van der Waals surface area contributed by atoms with Crippen molar-refractivity contribution in [3.8, 4) is 11.5 Å². The number of hydrogen-bond acceptors (Lipinski definition) is 3. The molecular weight excluding hydrogens is 228 g/mol. The van der Waals surface area contributed by atoms with Gasteiger partial charge in [0, 0.05) is 0 Å². The fourth-order valence-electron chi connectivity index (χ4n) is 2.16. The lowest BCUT2D eigenvalue weighted by molar-refractivity contribution is -0.145. The fraction of sp³-hybridized carbons (Fsp3) is 0.533. The van der Waals surface area contributed by atoms with Gasteiger partial charge in [0.05, 0.1) is 5.41 Å². The zero-order chi connectivity index (χ0) is 14.0. The predicted octanol–water partition coefficient (Wildman–Crippen LogP) is 3.76. The van der Waals surface area contributed by atoms with Gasteiger partial charge >= 0.3 is 5.97 Å². The molecule has 1 rings (SSSR count). The molecule has 0 aliphatic carbocycles. The molecule has 0 fully saturated rings. The highest BCUT2D eigenvalue weighted by atomic mass is 16.5. The molecule has 0 saturated heterocycles. The summed E-state index contributed by atoms with van der Waals surface area (Å²) >= 11 is 0. The second-order valence-electron chi connectivity index (χ2n) is 6.50. The Labute approximate surface area is 109 Å². The Morgan fingerprint density at radius 2 is 1.61 bits per heavy atom. The molecule has 0 amide bonds. The van der Waals surface area contributed by atoms with Gasteiger partial charge in [-0.25, -0.2) is 0 Å². The van der Waals surface area contributed by atoms with Gasteiger partial charge in [-0.1, -0.05) is 20.8 Å². The van der Waals surface area contributed by atoms with Crippen LogP contribution >= 0.6 is 0 Å².